The molecule has 0 amide bonds. The predicted octanol–water partition coefficient (Wildman–Crippen LogP) is 4.60. The molecule has 3 heteroatoms. The van der Waals surface area contributed by atoms with Crippen molar-refractivity contribution >= 4 is 11.6 Å². The molecule has 0 spiro atoms. The Labute approximate surface area is 119 Å². The van der Waals surface area contributed by atoms with E-state index < -0.39 is 6.10 Å². The van der Waals surface area contributed by atoms with Crippen molar-refractivity contribution in [2.75, 3.05) is 0 Å². The van der Waals surface area contributed by atoms with Gasteiger partial charge in [-0.05, 0) is 47.9 Å². The number of rotatable bonds is 3. The van der Waals surface area contributed by atoms with Gasteiger partial charge in [-0.1, -0.05) is 38.3 Å². The van der Waals surface area contributed by atoms with Gasteiger partial charge in [-0.2, -0.15) is 0 Å². The molecule has 2 unspecified atom stereocenters. The zero-order valence-electron chi connectivity index (χ0n) is 11.6. The maximum absolute atomic E-state index is 13.7. The quantitative estimate of drug-likeness (QED) is 0.860. The molecule has 0 heterocycles. The lowest BCUT2D eigenvalue weighted by atomic mass is 9.66. The van der Waals surface area contributed by atoms with E-state index in [9.17, 15) is 9.50 Å². The van der Waals surface area contributed by atoms with Crippen LogP contribution in [-0.4, -0.2) is 11.2 Å². The van der Waals surface area contributed by atoms with Crippen molar-refractivity contribution in [2.45, 2.75) is 52.1 Å². The molecule has 106 valence electrons. The standard InChI is InChI=1S/C16H22ClFO/c1-16(2)8-4-3-5-13(16)15(19)10-11-9-12(17)6-7-14(11)18/h6-7,9,13,15,19H,3-5,8,10H2,1-2H3. The van der Waals surface area contributed by atoms with Crippen LogP contribution in [0.5, 0.6) is 0 Å². The highest BCUT2D eigenvalue weighted by Crippen LogP contribution is 2.43. The van der Waals surface area contributed by atoms with E-state index in [4.69, 9.17) is 11.6 Å². The predicted molar refractivity (Wildman–Crippen MR) is 76.9 cm³/mol. The Morgan fingerprint density at radius 2 is 2.16 bits per heavy atom. The van der Waals surface area contributed by atoms with Crippen LogP contribution in [0.3, 0.4) is 0 Å². The molecule has 0 bridgehead atoms. The van der Waals surface area contributed by atoms with Crippen LogP contribution in [0, 0.1) is 17.2 Å². The van der Waals surface area contributed by atoms with E-state index in [0.717, 1.165) is 19.3 Å². The van der Waals surface area contributed by atoms with Gasteiger partial charge < -0.3 is 5.11 Å². The van der Waals surface area contributed by atoms with Gasteiger partial charge in [0.15, 0.2) is 0 Å². The monoisotopic (exact) mass is 284 g/mol. The minimum Gasteiger partial charge on any atom is -0.392 e. The van der Waals surface area contributed by atoms with Gasteiger partial charge in [0.1, 0.15) is 5.82 Å². The molecule has 1 aromatic rings. The Hall–Kier alpha value is -0.600. The zero-order valence-corrected chi connectivity index (χ0v) is 12.4. The smallest absolute Gasteiger partial charge is 0.126 e. The van der Waals surface area contributed by atoms with Gasteiger partial charge in [-0.25, -0.2) is 4.39 Å². The van der Waals surface area contributed by atoms with Gasteiger partial charge in [0, 0.05) is 11.4 Å². The van der Waals surface area contributed by atoms with Gasteiger partial charge in [0.25, 0.3) is 0 Å². The number of hydrogen-bond donors (Lipinski definition) is 1. The summed E-state index contributed by atoms with van der Waals surface area (Å²) < 4.78 is 13.7. The maximum Gasteiger partial charge on any atom is 0.126 e. The first-order valence-corrected chi connectivity index (χ1v) is 7.40. The summed E-state index contributed by atoms with van der Waals surface area (Å²) in [4.78, 5) is 0. The van der Waals surface area contributed by atoms with E-state index >= 15 is 0 Å². The van der Waals surface area contributed by atoms with E-state index in [1.807, 2.05) is 0 Å². The third kappa shape index (κ3) is 3.49. The fraction of sp³-hybridized carbons (Fsp3) is 0.625. The molecule has 0 saturated heterocycles. The lowest BCUT2D eigenvalue weighted by molar-refractivity contribution is 0.00539. The minimum atomic E-state index is -0.497. The Bertz CT molecular complexity index is 444. The number of hydrogen-bond acceptors (Lipinski definition) is 1. The second kappa shape index (κ2) is 5.80. The van der Waals surface area contributed by atoms with E-state index in [2.05, 4.69) is 13.8 Å². The van der Waals surface area contributed by atoms with Gasteiger partial charge in [0.2, 0.25) is 0 Å². The van der Waals surface area contributed by atoms with Crippen LogP contribution in [0.25, 0.3) is 0 Å². The molecule has 0 radical (unpaired) electrons. The Morgan fingerprint density at radius 3 is 2.84 bits per heavy atom. The third-order valence-electron chi connectivity index (χ3n) is 4.49. The summed E-state index contributed by atoms with van der Waals surface area (Å²) in [5.74, 6) is -0.0447. The highest BCUT2D eigenvalue weighted by Gasteiger charge is 2.36. The Balaban J connectivity index is 2.11. The summed E-state index contributed by atoms with van der Waals surface area (Å²) in [6.45, 7) is 4.41. The van der Waals surface area contributed by atoms with Crippen molar-refractivity contribution < 1.29 is 9.50 Å². The first-order chi connectivity index (χ1) is 8.90. The van der Waals surface area contributed by atoms with Crippen molar-refractivity contribution in [2.24, 2.45) is 11.3 Å². The number of halogens is 2. The fourth-order valence-corrected chi connectivity index (χ4v) is 3.50. The van der Waals surface area contributed by atoms with E-state index in [-0.39, 0.29) is 17.2 Å². The van der Waals surface area contributed by atoms with Gasteiger partial charge in [0.05, 0.1) is 6.10 Å². The summed E-state index contributed by atoms with van der Waals surface area (Å²) in [5.41, 5.74) is 0.647. The van der Waals surface area contributed by atoms with Crippen LogP contribution in [0.2, 0.25) is 5.02 Å². The molecular formula is C16H22ClFO. The van der Waals surface area contributed by atoms with Crippen molar-refractivity contribution in [3.05, 3.63) is 34.6 Å². The average Bonchev–Trinajstić information content (AvgIpc) is 2.33. The lowest BCUT2D eigenvalue weighted by Gasteiger charge is -2.41. The van der Waals surface area contributed by atoms with E-state index in [1.54, 1.807) is 6.07 Å². The SMILES string of the molecule is CC1(C)CCCCC1C(O)Cc1cc(Cl)ccc1F. The van der Waals surface area contributed by atoms with Crippen molar-refractivity contribution in [3.8, 4) is 0 Å². The number of benzene rings is 1. The zero-order chi connectivity index (χ0) is 14.0. The molecular weight excluding hydrogens is 263 g/mol. The van der Waals surface area contributed by atoms with E-state index in [1.165, 1.54) is 18.6 Å². The highest BCUT2D eigenvalue weighted by atomic mass is 35.5. The molecule has 1 fully saturated rings. The first kappa shape index (κ1) is 14.8. The summed E-state index contributed by atoms with van der Waals surface area (Å²) in [5, 5.41) is 11.0. The molecule has 0 aromatic heterocycles. The minimum absolute atomic E-state index is 0.132. The molecule has 1 nitrogen and oxygen atoms in total. The summed E-state index contributed by atoms with van der Waals surface area (Å²) in [7, 11) is 0. The topological polar surface area (TPSA) is 20.2 Å². The number of aliphatic hydroxyl groups is 1. The normalized spacial score (nSPS) is 24.2. The second-order valence-corrected chi connectivity index (χ2v) is 6.78. The molecule has 1 N–H and O–H groups in total. The second-order valence-electron chi connectivity index (χ2n) is 6.35. The van der Waals surface area contributed by atoms with E-state index in [0.29, 0.717) is 17.0 Å². The molecule has 19 heavy (non-hydrogen) atoms. The molecule has 1 aliphatic rings. The van der Waals surface area contributed by atoms with Gasteiger partial charge >= 0.3 is 0 Å². The molecule has 0 aliphatic heterocycles. The first-order valence-electron chi connectivity index (χ1n) is 7.02. The molecule has 2 atom stereocenters. The van der Waals surface area contributed by atoms with Crippen LogP contribution in [0.1, 0.15) is 45.1 Å². The third-order valence-corrected chi connectivity index (χ3v) is 4.73. The highest BCUT2D eigenvalue weighted by molar-refractivity contribution is 6.30. The van der Waals surface area contributed by atoms with Gasteiger partial charge in [-0.3, -0.25) is 0 Å². The molecule has 1 aromatic carbocycles. The van der Waals surface area contributed by atoms with Crippen molar-refractivity contribution in [3.63, 3.8) is 0 Å². The van der Waals surface area contributed by atoms with Crippen LogP contribution in [-0.2, 0) is 6.42 Å². The lowest BCUT2D eigenvalue weighted by Crippen LogP contribution is -2.38. The Kier molecular flexibility index (Phi) is 4.52. The summed E-state index contributed by atoms with van der Waals surface area (Å²) in [6.07, 6.45) is 4.39. The molecule has 2 rings (SSSR count). The largest absolute Gasteiger partial charge is 0.392 e. The van der Waals surface area contributed by atoms with Crippen LogP contribution in [0.4, 0.5) is 4.39 Å². The van der Waals surface area contributed by atoms with Crippen LogP contribution < -0.4 is 0 Å². The summed E-state index contributed by atoms with van der Waals surface area (Å²) >= 11 is 5.89. The maximum atomic E-state index is 13.7. The Morgan fingerprint density at radius 1 is 1.42 bits per heavy atom. The average molecular weight is 285 g/mol. The number of aliphatic hydroxyl groups excluding tert-OH is 1. The van der Waals surface area contributed by atoms with Crippen molar-refractivity contribution in [1.82, 2.24) is 0 Å². The van der Waals surface area contributed by atoms with Crippen LogP contribution in [0.15, 0.2) is 18.2 Å². The molecule has 1 saturated carbocycles. The fourth-order valence-electron chi connectivity index (χ4n) is 3.30. The summed E-state index contributed by atoms with van der Waals surface area (Å²) in [6, 6.07) is 4.53. The molecule has 1 aliphatic carbocycles. The van der Waals surface area contributed by atoms with Crippen molar-refractivity contribution in [1.29, 1.82) is 0 Å². The van der Waals surface area contributed by atoms with Crippen LogP contribution >= 0.6 is 11.6 Å². The van der Waals surface area contributed by atoms with Gasteiger partial charge in [-0.15, -0.1) is 0 Å².